The number of carbonyl (C=O) groups excluding carboxylic acids is 1. The van der Waals surface area contributed by atoms with E-state index in [-0.39, 0.29) is 23.7 Å². The molecule has 1 fully saturated rings. The van der Waals surface area contributed by atoms with Gasteiger partial charge in [-0.05, 0) is 64.2 Å². The van der Waals surface area contributed by atoms with Crippen LogP contribution in [0.15, 0.2) is 36.5 Å². The van der Waals surface area contributed by atoms with Crippen molar-refractivity contribution in [1.82, 2.24) is 4.98 Å². The predicted octanol–water partition coefficient (Wildman–Crippen LogP) is 3.59. The molecular formula is C23H29BN4O5. The lowest BCUT2D eigenvalue weighted by Gasteiger charge is -2.39. The second-order valence-electron chi connectivity index (χ2n) is 9.74. The molecule has 3 heterocycles. The lowest BCUT2D eigenvalue weighted by atomic mass is 9.76. The number of rotatable bonds is 4. The molecule has 1 aromatic heterocycles. The third kappa shape index (κ3) is 4.20. The van der Waals surface area contributed by atoms with Crippen LogP contribution in [0.3, 0.4) is 0 Å². The van der Waals surface area contributed by atoms with Gasteiger partial charge in [0, 0.05) is 24.7 Å². The van der Waals surface area contributed by atoms with Crippen LogP contribution in [0, 0.1) is 10.1 Å². The molecule has 9 nitrogen and oxygen atoms in total. The zero-order chi connectivity index (χ0) is 24.1. The SMILES string of the molecule is CC(=O)N1c2ccc(B3OC(C)(C)C(C)(C)O3)cc2[C@H](Nc2ccc([N+](=O)[O-])cn2)C[C@@H]1C. The van der Waals surface area contributed by atoms with Gasteiger partial charge in [-0.2, -0.15) is 0 Å². The van der Waals surface area contributed by atoms with Crippen molar-refractivity contribution in [2.45, 2.75) is 71.2 Å². The average molecular weight is 452 g/mol. The molecule has 2 atom stereocenters. The number of amides is 1. The van der Waals surface area contributed by atoms with Crippen molar-refractivity contribution in [2.75, 3.05) is 10.2 Å². The Balaban J connectivity index is 1.70. The number of nitro groups is 1. The first-order chi connectivity index (χ1) is 15.4. The fourth-order valence-electron chi connectivity index (χ4n) is 4.38. The second kappa shape index (κ2) is 8.11. The molecule has 0 spiro atoms. The minimum atomic E-state index is -0.524. The van der Waals surface area contributed by atoms with Crippen LogP contribution < -0.4 is 15.7 Å². The fourth-order valence-corrected chi connectivity index (χ4v) is 4.38. The van der Waals surface area contributed by atoms with Crippen LogP contribution in [0.4, 0.5) is 17.2 Å². The van der Waals surface area contributed by atoms with Crippen LogP contribution in [-0.4, -0.2) is 40.2 Å². The zero-order valence-corrected chi connectivity index (χ0v) is 19.8. The molecule has 1 amide bonds. The van der Waals surface area contributed by atoms with Gasteiger partial charge >= 0.3 is 7.12 Å². The Morgan fingerprint density at radius 2 is 1.88 bits per heavy atom. The first-order valence-electron chi connectivity index (χ1n) is 11.1. The highest BCUT2D eigenvalue weighted by molar-refractivity contribution is 6.62. The Labute approximate surface area is 193 Å². The molecular weight excluding hydrogens is 423 g/mol. The first kappa shape index (κ1) is 23.2. The molecule has 4 rings (SSSR count). The number of carbonyl (C=O) groups is 1. The Hall–Kier alpha value is -2.98. The largest absolute Gasteiger partial charge is 0.494 e. The molecule has 2 aliphatic heterocycles. The van der Waals surface area contributed by atoms with Crippen LogP contribution in [0.5, 0.6) is 0 Å². The lowest BCUT2D eigenvalue weighted by Crippen LogP contribution is -2.44. The summed E-state index contributed by atoms with van der Waals surface area (Å²) >= 11 is 0. The summed E-state index contributed by atoms with van der Waals surface area (Å²) in [6, 6.07) is 8.72. The topological polar surface area (TPSA) is 107 Å². The van der Waals surface area contributed by atoms with Crippen molar-refractivity contribution in [3.8, 4) is 0 Å². The summed E-state index contributed by atoms with van der Waals surface area (Å²) in [5, 5.41) is 14.3. The quantitative estimate of drug-likeness (QED) is 0.429. The van der Waals surface area contributed by atoms with E-state index >= 15 is 0 Å². The molecule has 1 aromatic carbocycles. The van der Waals surface area contributed by atoms with E-state index in [1.165, 1.54) is 12.3 Å². The number of pyridine rings is 1. The van der Waals surface area contributed by atoms with Crippen LogP contribution in [0.1, 0.15) is 59.6 Å². The number of nitrogens with one attached hydrogen (secondary N) is 1. The molecule has 0 saturated carbocycles. The minimum absolute atomic E-state index is 0.0287. The third-order valence-corrected chi connectivity index (χ3v) is 6.85. The molecule has 2 aliphatic rings. The normalized spacial score (nSPS) is 23.2. The van der Waals surface area contributed by atoms with E-state index < -0.39 is 23.2 Å². The lowest BCUT2D eigenvalue weighted by molar-refractivity contribution is -0.385. The summed E-state index contributed by atoms with van der Waals surface area (Å²) in [4.78, 5) is 28.9. The standard InChI is InChI=1S/C23H29BN4O5/c1-14-11-19(26-21-10-8-17(13-25-21)28(30)31)18-12-16(7-9-20(18)27(14)15(2)29)24-32-22(3,4)23(5,6)33-24/h7-10,12-14,19H,11H2,1-6H3,(H,25,26)/t14-,19+/m0/s1. The van der Waals surface area contributed by atoms with Gasteiger partial charge in [0.1, 0.15) is 12.0 Å². The predicted molar refractivity (Wildman–Crippen MR) is 127 cm³/mol. The summed E-state index contributed by atoms with van der Waals surface area (Å²) in [5.41, 5.74) is 1.62. The number of hydrogen-bond acceptors (Lipinski definition) is 7. The number of hydrogen-bond donors (Lipinski definition) is 1. The highest BCUT2D eigenvalue weighted by Gasteiger charge is 2.52. The van der Waals surface area contributed by atoms with E-state index in [2.05, 4.69) is 10.3 Å². The number of aromatic nitrogens is 1. The van der Waals surface area contributed by atoms with E-state index in [1.807, 2.05) is 52.8 Å². The molecule has 10 heteroatoms. The maximum absolute atomic E-state index is 12.4. The van der Waals surface area contributed by atoms with Gasteiger partial charge in [-0.3, -0.25) is 14.9 Å². The van der Waals surface area contributed by atoms with Crippen molar-refractivity contribution >= 4 is 35.7 Å². The number of anilines is 2. The van der Waals surface area contributed by atoms with Crippen LogP contribution in [0.2, 0.25) is 0 Å². The second-order valence-corrected chi connectivity index (χ2v) is 9.74. The molecule has 2 aromatic rings. The Bertz CT molecular complexity index is 1070. The maximum Gasteiger partial charge on any atom is 0.494 e. The Kier molecular flexibility index (Phi) is 5.70. The third-order valence-electron chi connectivity index (χ3n) is 6.85. The van der Waals surface area contributed by atoms with Gasteiger partial charge in [-0.1, -0.05) is 12.1 Å². The Morgan fingerprint density at radius 1 is 1.21 bits per heavy atom. The molecule has 0 unspecified atom stereocenters. The number of nitrogens with zero attached hydrogens (tertiary/aromatic N) is 3. The van der Waals surface area contributed by atoms with Crippen molar-refractivity contribution in [1.29, 1.82) is 0 Å². The summed E-state index contributed by atoms with van der Waals surface area (Å²) in [6.45, 7) is 11.6. The van der Waals surface area contributed by atoms with E-state index in [9.17, 15) is 14.9 Å². The van der Waals surface area contributed by atoms with Gasteiger partial charge < -0.3 is 19.5 Å². The highest BCUT2D eigenvalue weighted by Crippen LogP contribution is 2.40. The smallest absolute Gasteiger partial charge is 0.399 e. The summed E-state index contributed by atoms with van der Waals surface area (Å²) in [6.07, 6.45) is 1.89. The van der Waals surface area contributed by atoms with Crippen molar-refractivity contribution in [3.05, 3.63) is 52.2 Å². The molecule has 0 bridgehead atoms. The molecule has 0 aliphatic carbocycles. The molecule has 1 saturated heterocycles. The van der Waals surface area contributed by atoms with Gasteiger partial charge in [0.15, 0.2) is 0 Å². The molecule has 0 radical (unpaired) electrons. The maximum atomic E-state index is 12.4. The number of fused-ring (bicyclic) bond motifs is 1. The van der Waals surface area contributed by atoms with Gasteiger partial charge in [0.25, 0.3) is 5.69 Å². The monoisotopic (exact) mass is 452 g/mol. The first-order valence-corrected chi connectivity index (χ1v) is 11.1. The molecule has 174 valence electrons. The van der Waals surface area contributed by atoms with Gasteiger partial charge in [0.2, 0.25) is 5.91 Å². The van der Waals surface area contributed by atoms with Crippen LogP contribution in [0.25, 0.3) is 0 Å². The number of benzene rings is 1. The van der Waals surface area contributed by atoms with E-state index in [0.717, 1.165) is 16.7 Å². The van der Waals surface area contributed by atoms with E-state index in [4.69, 9.17) is 9.31 Å². The van der Waals surface area contributed by atoms with Gasteiger partial charge in [-0.25, -0.2) is 4.98 Å². The van der Waals surface area contributed by atoms with Gasteiger partial charge in [0.05, 0.1) is 22.2 Å². The Morgan fingerprint density at radius 3 is 2.42 bits per heavy atom. The summed E-state index contributed by atoms with van der Waals surface area (Å²) in [5.74, 6) is 0.500. The average Bonchev–Trinajstić information content (AvgIpc) is 2.95. The van der Waals surface area contributed by atoms with E-state index in [0.29, 0.717) is 12.2 Å². The highest BCUT2D eigenvalue weighted by atomic mass is 16.7. The van der Waals surface area contributed by atoms with Crippen molar-refractivity contribution in [2.24, 2.45) is 0 Å². The van der Waals surface area contributed by atoms with Crippen LogP contribution >= 0.6 is 0 Å². The van der Waals surface area contributed by atoms with Crippen molar-refractivity contribution in [3.63, 3.8) is 0 Å². The summed E-state index contributed by atoms with van der Waals surface area (Å²) < 4.78 is 12.5. The van der Waals surface area contributed by atoms with Crippen LogP contribution in [-0.2, 0) is 14.1 Å². The minimum Gasteiger partial charge on any atom is -0.399 e. The molecule has 33 heavy (non-hydrogen) atoms. The fraction of sp³-hybridized carbons (Fsp3) is 0.478. The van der Waals surface area contributed by atoms with Gasteiger partial charge in [-0.15, -0.1) is 0 Å². The summed E-state index contributed by atoms with van der Waals surface area (Å²) in [7, 11) is -0.524. The van der Waals surface area contributed by atoms with Crippen molar-refractivity contribution < 1.29 is 19.0 Å². The zero-order valence-electron chi connectivity index (χ0n) is 19.8. The van der Waals surface area contributed by atoms with E-state index in [1.54, 1.807) is 17.9 Å². The molecule has 1 N–H and O–H groups in total.